The topological polar surface area (TPSA) is 138 Å². The first-order valence-electron chi connectivity index (χ1n) is 14.5. The van der Waals surface area contributed by atoms with Crippen LogP contribution in [0.5, 0.6) is 5.88 Å². The zero-order chi connectivity index (χ0) is 34.7. The number of carboxylic acids is 1. The molecule has 0 aliphatic heterocycles. The Kier molecular flexibility index (Phi) is 8.16. The van der Waals surface area contributed by atoms with Crippen molar-refractivity contribution >= 4 is 45.9 Å². The lowest BCUT2D eigenvalue weighted by Gasteiger charge is -2.25. The summed E-state index contributed by atoms with van der Waals surface area (Å²) < 4.78 is 69.7. The number of nitrogens with one attached hydrogen (secondary N) is 2. The van der Waals surface area contributed by atoms with Gasteiger partial charge in [-0.05, 0) is 32.3 Å². The van der Waals surface area contributed by atoms with Gasteiger partial charge in [-0.25, -0.2) is 14.8 Å². The maximum absolute atomic E-state index is 13.3. The number of likely N-dealkylation sites (N-methyl/N-ethyl adjacent to an activating group) is 2. The molecule has 3 N–H and O–H groups in total. The number of anilines is 4. The second kappa shape index (κ2) is 13.0. The summed E-state index contributed by atoms with van der Waals surface area (Å²) in [5.74, 6) is -2.75. The molecule has 0 bridgehead atoms. The lowest BCUT2D eigenvalue weighted by atomic mass is 10.1. The number of pyridine rings is 1. The molecule has 0 radical (unpaired) electrons. The summed E-state index contributed by atoms with van der Waals surface area (Å²) in [4.78, 5) is 40.7. The second-order valence-corrected chi connectivity index (χ2v) is 9.85. The van der Waals surface area contributed by atoms with Crippen LogP contribution in [-0.4, -0.2) is 88.4 Å². The Bertz CT molecular complexity index is 1810. The average Bonchev–Trinajstić information content (AvgIpc) is 3.39. The molecular weight excluding hydrogens is 581 g/mol. The number of halogens is 3. The number of aromatic nitrogens is 4. The van der Waals surface area contributed by atoms with Crippen molar-refractivity contribution < 1.29 is 36.7 Å². The van der Waals surface area contributed by atoms with E-state index in [0.717, 1.165) is 16.8 Å². The van der Waals surface area contributed by atoms with Crippen molar-refractivity contribution in [3.05, 3.63) is 60.9 Å². The van der Waals surface area contributed by atoms with Crippen LogP contribution in [0.4, 0.5) is 36.3 Å². The maximum Gasteiger partial charge on any atom is 0.422 e. The Balaban J connectivity index is 1.88. The number of aromatic carboxylic acids is 1. The highest BCUT2D eigenvalue weighted by atomic mass is 19.4. The van der Waals surface area contributed by atoms with E-state index in [9.17, 15) is 27.9 Å². The molecule has 0 saturated carbocycles. The fourth-order valence-electron chi connectivity index (χ4n) is 4.15. The molecule has 4 rings (SSSR count). The molecule has 232 valence electrons. The zero-order valence-electron chi connectivity index (χ0n) is 26.9. The first-order valence-corrected chi connectivity index (χ1v) is 13.0. The molecule has 12 nitrogen and oxygen atoms in total. The molecule has 0 aliphatic rings. The van der Waals surface area contributed by atoms with Crippen molar-refractivity contribution in [3.8, 4) is 17.1 Å². The fraction of sp³-hybridized carbons (Fsp3) is 0.276. The van der Waals surface area contributed by atoms with Gasteiger partial charge >= 0.3 is 12.1 Å². The van der Waals surface area contributed by atoms with Gasteiger partial charge in [0.1, 0.15) is 11.3 Å². The van der Waals surface area contributed by atoms with Crippen LogP contribution in [0.2, 0.25) is 0 Å². The molecule has 0 spiro atoms. The number of nitrogens with zero attached hydrogens (tertiary/aromatic N) is 6. The predicted molar refractivity (Wildman–Crippen MR) is 161 cm³/mol. The molecule has 0 fully saturated rings. The Morgan fingerprint density at radius 2 is 1.93 bits per heavy atom. The summed E-state index contributed by atoms with van der Waals surface area (Å²) in [5, 5.41) is 15.6. The monoisotopic (exact) mass is 615 g/mol. The number of para-hydroxylation sites is 1. The smallest absolute Gasteiger partial charge is 0.422 e. The van der Waals surface area contributed by atoms with Crippen LogP contribution in [0, 0.1) is 0 Å². The fourth-order valence-corrected chi connectivity index (χ4v) is 4.15. The van der Waals surface area contributed by atoms with Crippen LogP contribution >= 0.6 is 0 Å². The summed E-state index contributed by atoms with van der Waals surface area (Å²) in [6.07, 6.45) is -1.51. The number of carbonyl (C=O) groups is 2. The van der Waals surface area contributed by atoms with Crippen LogP contribution in [-0.2, 0) is 11.8 Å². The highest BCUT2D eigenvalue weighted by Gasteiger charge is 2.30. The van der Waals surface area contributed by atoms with E-state index < -0.39 is 37.5 Å². The number of carboxylic acid groups (broad SMARTS) is 1. The molecule has 0 saturated heterocycles. The lowest BCUT2D eigenvalue weighted by Crippen LogP contribution is -2.30. The van der Waals surface area contributed by atoms with Gasteiger partial charge in [0.2, 0.25) is 17.7 Å². The van der Waals surface area contributed by atoms with Gasteiger partial charge in [-0.3, -0.25) is 4.79 Å². The third-order valence-electron chi connectivity index (χ3n) is 6.26. The van der Waals surface area contributed by atoms with Crippen molar-refractivity contribution in [2.75, 3.05) is 56.4 Å². The summed E-state index contributed by atoms with van der Waals surface area (Å²) in [5.41, 5.74) is -0.204. The van der Waals surface area contributed by atoms with E-state index in [1.54, 1.807) is 36.2 Å². The van der Waals surface area contributed by atoms with Crippen LogP contribution in [0.1, 0.15) is 14.5 Å². The molecule has 3 heterocycles. The largest absolute Gasteiger partial charge is 0.478 e. The molecule has 15 heteroatoms. The van der Waals surface area contributed by atoms with Gasteiger partial charge in [-0.2, -0.15) is 18.2 Å². The molecule has 0 aliphatic carbocycles. The van der Waals surface area contributed by atoms with E-state index in [2.05, 4.69) is 32.2 Å². The summed E-state index contributed by atoms with van der Waals surface area (Å²) in [6.45, 7) is 0.0266. The molecule has 0 atom stereocenters. The van der Waals surface area contributed by atoms with Gasteiger partial charge in [-0.1, -0.05) is 24.8 Å². The van der Waals surface area contributed by atoms with Crippen molar-refractivity contribution in [1.82, 2.24) is 24.4 Å². The van der Waals surface area contributed by atoms with E-state index in [4.69, 9.17) is 8.85 Å². The predicted octanol–water partition coefficient (Wildman–Crippen LogP) is 4.54. The Morgan fingerprint density at radius 1 is 1.18 bits per heavy atom. The molecule has 1 aromatic carbocycles. The third-order valence-corrected chi connectivity index (χ3v) is 6.26. The van der Waals surface area contributed by atoms with Crippen LogP contribution in [0.15, 0.2) is 55.4 Å². The minimum Gasteiger partial charge on any atom is -0.478 e. The first kappa shape index (κ1) is 27.6. The van der Waals surface area contributed by atoms with E-state index in [0.29, 0.717) is 18.5 Å². The number of fused-ring (bicyclic) bond motifs is 1. The Morgan fingerprint density at radius 3 is 2.59 bits per heavy atom. The molecule has 1 amide bonds. The maximum atomic E-state index is 13.3. The number of ether oxygens (including phenoxy) is 1. The van der Waals surface area contributed by atoms with Crippen molar-refractivity contribution in [2.24, 2.45) is 6.98 Å². The van der Waals surface area contributed by atoms with Crippen molar-refractivity contribution in [2.45, 2.75) is 6.18 Å². The van der Waals surface area contributed by atoms with Gasteiger partial charge in [0.15, 0.2) is 12.4 Å². The summed E-state index contributed by atoms with van der Waals surface area (Å²) in [6, 6.07) is 7.69. The van der Waals surface area contributed by atoms with Gasteiger partial charge < -0.3 is 34.8 Å². The highest BCUT2D eigenvalue weighted by molar-refractivity contribution is 6.03. The SMILES string of the molecule is [2H]C([2H])([2H])n1cc(-c2nc(Nc3cc(NC(=O)C=C)c(N(C)CCN(C)C)nc3OCC(F)(F)F)ncc2C(=O)O)c2ccccc21. The molecule has 3 aromatic heterocycles. The number of amides is 1. The minimum atomic E-state index is -4.73. The number of aryl methyl sites for hydroxylation is 1. The highest BCUT2D eigenvalue weighted by Crippen LogP contribution is 2.37. The third kappa shape index (κ3) is 7.42. The van der Waals surface area contributed by atoms with Gasteiger partial charge in [-0.15, -0.1) is 0 Å². The van der Waals surface area contributed by atoms with Gasteiger partial charge in [0.25, 0.3) is 0 Å². The summed E-state index contributed by atoms with van der Waals surface area (Å²) in [7, 11) is 5.29. The number of hydrogen-bond donors (Lipinski definition) is 3. The molecule has 4 aromatic rings. The zero-order valence-corrected chi connectivity index (χ0v) is 23.9. The van der Waals surface area contributed by atoms with Gasteiger partial charge in [0, 0.05) is 60.1 Å². The van der Waals surface area contributed by atoms with Crippen molar-refractivity contribution in [1.29, 1.82) is 0 Å². The summed E-state index contributed by atoms with van der Waals surface area (Å²) >= 11 is 0. The Hall–Kier alpha value is -5.18. The van der Waals surface area contributed by atoms with E-state index in [1.807, 2.05) is 19.0 Å². The normalized spacial score (nSPS) is 12.8. The Labute approximate surface area is 255 Å². The van der Waals surface area contributed by atoms with E-state index in [-0.39, 0.29) is 45.5 Å². The first-order chi connectivity index (χ1) is 22.0. The number of benzene rings is 1. The van der Waals surface area contributed by atoms with Crippen LogP contribution in [0.3, 0.4) is 0 Å². The average molecular weight is 616 g/mol. The van der Waals surface area contributed by atoms with Gasteiger partial charge in [0.05, 0.1) is 11.4 Å². The molecular formula is C29H31F3N8O4. The standard InChI is InChI=1S/C29H31F3N8O4/c1-6-23(41)34-20-13-21(26(44-16-29(30,31)32)37-25(20)39(4)12-11-38(2)3)35-28-33-14-18(27(42)43)24(36-28)19-15-40(5)22-10-8-7-9-17(19)22/h6-10,13-15H,1,11-12,16H2,2-5H3,(H,34,41)(H,42,43)(H,33,35,36)/i5D3. The lowest BCUT2D eigenvalue weighted by molar-refractivity contribution is -0.153. The number of hydrogen-bond acceptors (Lipinski definition) is 9. The van der Waals surface area contributed by atoms with E-state index >= 15 is 0 Å². The molecule has 44 heavy (non-hydrogen) atoms. The second-order valence-electron chi connectivity index (χ2n) is 9.85. The van der Waals surface area contributed by atoms with Crippen LogP contribution in [0.25, 0.3) is 22.2 Å². The van der Waals surface area contributed by atoms with Crippen molar-refractivity contribution in [3.63, 3.8) is 0 Å². The quantitative estimate of drug-likeness (QED) is 0.195. The molecule has 0 unspecified atom stereocenters. The van der Waals surface area contributed by atoms with E-state index in [1.165, 1.54) is 12.3 Å². The number of rotatable bonds is 12. The number of alkyl halides is 3. The number of carbonyl (C=O) groups excluding carboxylic acids is 1. The van der Waals surface area contributed by atoms with Crippen LogP contribution < -0.4 is 20.3 Å². The minimum absolute atomic E-state index is 0.0844.